The van der Waals surface area contributed by atoms with E-state index in [9.17, 15) is 8.42 Å². The van der Waals surface area contributed by atoms with Gasteiger partial charge in [-0.1, -0.05) is 6.92 Å². The molecule has 3 rings (SSSR count). The zero-order chi connectivity index (χ0) is 14.5. The molecule has 0 radical (unpaired) electrons. The van der Waals surface area contributed by atoms with Crippen LogP contribution in [0.1, 0.15) is 31.5 Å². The molecule has 1 aliphatic heterocycles. The van der Waals surface area contributed by atoms with Crippen molar-refractivity contribution in [3.8, 4) is 0 Å². The van der Waals surface area contributed by atoms with Crippen LogP contribution in [0.4, 0.5) is 0 Å². The molecule has 1 N–H and O–H groups in total. The number of sulfone groups is 1. The van der Waals surface area contributed by atoms with Crippen molar-refractivity contribution in [2.75, 3.05) is 11.5 Å². The average Bonchev–Trinajstić information content (AvgIpc) is 2.85. The summed E-state index contributed by atoms with van der Waals surface area (Å²) in [7, 11) is -1.09. The minimum Gasteiger partial charge on any atom is -0.328 e. The van der Waals surface area contributed by atoms with E-state index in [0.29, 0.717) is 11.2 Å². The maximum atomic E-state index is 11.9. The molecule has 1 fully saturated rings. The molecule has 1 aliphatic rings. The molecule has 1 atom stereocenters. The third-order valence-electron chi connectivity index (χ3n) is 3.91. The number of imidazole rings is 1. The Morgan fingerprint density at radius 1 is 1.50 bits per heavy atom. The summed E-state index contributed by atoms with van der Waals surface area (Å²) in [5.74, 6) is 0.455. The van der Waals surface area contributed by atoms with Gasteiger partial charge in [-0.3, -0.25) is 9.25 Å². The van der Waals surface area contributed by atoms with Gasteiger partial charge in [0.2, 0.25) is 0 Å². The zero-order valence-electron chi connectivity index (χ0n) is 11.6. The lowest BCUT2D eigenvalue weighted by Crippen LogP contribution is -2.28. The van der Waals surface area contributed by atoms with E-state index in [0.717, 1.165) is 29.7 Å². The molecule has 0 aromatic carbocycles. The van der Waals surface area contributed by atoms with E-state index in [2.05, 4.69) is 10.1 Å². The quantitative estimate of drug-likeness (QED) is 0.857. The molecule has 8 heteroatoms. The van der Waals surface area contributed by atoms with Gasteiger partial charge < -0.3 is 4.98 Å². The van der Waals surface area contributed by atoms with Crippen molar-refractivity contribution < 1.29 is 8.42 Å². The molecule has 1 unspecified atom stereocenters. The van der Waals surface area contributed by atoms with Gasteiger partial charge in [0.05, 0.1) is 23.2 Å². The number of hydrogen-bond donors (Lipinski definition) is 1. The Bertz CT molecular complexity index is 812. The highest BCUT2D eigenvalue weighted by Crippen LogP contribution is 2.28. The highest BCUT2D eigenvalue weighted by molar-refractivity contribution is 7.91. The Balaban J connectivity index is 2.18. The van der Waals surface area contributed by atoms with Crippen molar-refractivity contribution >= 4 is 33.2 Å². The number of nitrogens with one attached hydrogen (secondary N) is 1. The van der Waals surface area contributed by atoms with Crippen LogP contribution < -0.4 is 0 Å². The Hall–Kier alpha value is -1.15. The molecule has 6 nitrogen and oxygen atoms in total. The number of aromatic amines is 1. The van der Waals surface area contributed by atoms with Crippen LogP contribution in [-0.2, 0) is 23.3 Å². The summed E-state index contributed by atoms with van der Waals surface area (Å²) < 4.78 is 28.1. The summed E-state index contributed by atoms with van der Waals surface area (Å²) in [5.41, 5.74) is 2.79. The SMILES string of the molecule is CCc1nn(C)c2c1[nH]c(=S)n2C1CCCS(=O)(=O)C1. The van der Waals surface area contributed by atoms with Gasteiger partial charge in [0, 0.05) is 7.05 Å². The van der Waals surface area contributed by atoms with Gasteiger partial charge in [-0.15, -0.1) is 0 Å². The molecule has 3 heterocycles. The minimum absolute atomic E-state index is 0.0879. The van der Waals surface area contributed by atoms with Gasteiger partial charge in [-0.2, -0.15) is 5.10 Å². The van der Waals surface area contributed by atoms with Crippen LogP contribution >= 0.6 is 12.2 Å². The van der Waals surface area contributed by atoms with Crippen LogP contribution in [0.5, 0.6) is 0 Å². The summed E-state index contributed by atoms with van der Waals surface area (Å²) in [6, 6.07) is -0.0879. The Morgan fingerprint density at radius 2 is 2.25 bits per heavy atom. The topological polar surface area (TPSA) is 72.7 Å². The number of rotatable bonds is 2. The normalized spacial score (nSPS) is 22.4. The summed E-state index contributed by atoms with van der Waals surface area (Å²) in [6.45, 7) is 2.04. The second-order valence-corrected chi connectivity index (χ2v) is 7.95. The highest BCUT2D eigenvalue weighted by Gasteiger charge is 2.29. The van der Waals surface area contributed by atoms with Crippen molar-refractivity contribution in [3.63, 3.8) is 0 Å². The van der Waals surface area contributed by atoms with E-state index in [-0.39, 0.29) is 17.5 Å². The fourth-order valence-corrected chi connectivity index (χ4v) is 5.04. The minimum atomic E-state index is -2.97. The zero-order valence-corrected chi connectivity index (χ0v) is 13.2. The van der Waals surface area contributed by atoms with Gasteiger partial charge >= 0.3 is 0 Å². The summed E-state index contributed by atoms with van der Waals surface area (Å²) in [5, 5.41) is 4.47. The average molecular weight is 314 g/mol. The number of aromatic nitrogens is 4. The first-order valence-corrected chi connectivity index (χ1v) is 9.02. The lowest BCUT2D eigenvalue weighted by molar-refractivity contribution is 0.469. The molecule has 0 bridgehead atoms. The lowest BCUT2D eigenvalue weighted by Gasteiger charge is -2.23. The molecular formula is C12H18N4O2S2. The Kier molecular flexibility index (Phi) is 3.24. The third kappa shape index (κ3) is 2.10. The van der Waals surface area contributed by atoms with Gasteiger partial charge in [0.15, 0.2) is 20.3 Å². The van der Waals surface area contributed by atoms with Crippen LogP contribution in [0, 0.1) is 4.77 Å². The second-order valence-electron chi connectivity index (χ2n) is 5.33. The predicted molar refractivity (Wildman–Crippen MR) is 80.2 cm³/mol. The molecule has 2 aromatic rings. The van der Waals surface area contributed by atoms with E-state index in [4.69, 9.17) is 12.2 Å². The molecule has 20 heavy (non-hydrogen) atoms. The van der Waals surface area contributed by atoms with Crippen molar-refractivity contribution in [1.82, 2.24) is 19.3 Å². The van der Waals surface area contributed by atoms with Crippen molar-refractivity contribution in [3.05, 3.63) is 10.5 Å². The van der Waals surface area contributed by atoms with E-state index in [1.807, 2.05) is 18.5 Å². The van der Waals surface area contributed by atoms with Crippen LogP contribution in [0.25, 0.3) is 11.2 Å². The standard InChI is InChI=1S/C12H18N4O2S2/c1-3-9-10-11(15(2)14-9)16(12(19)13-10)8-5-4-6-20(17,18)7-8/h8H,3-7H2,1-2H3,(H,13,19). The Labute approximate surface area is 122 Å². The fourth-order valence-electron chi connectivity index (χ4n) is 3.03. The molecule has 0 saturated carbocycles. The van der Waals surface area contributed by atoms with Gasteiger partial charge in [-0.05, 0) is 31.5 Å². The van der Waals surface area contributed by atoms with Crippen LogP contribution in [-0.4, -0.2) is 39.3 Å². The maximum Gasteiger partial charge on any atom is 0.179 e. The first-order valence-electron chi connectivity index (χ1n) is 6.79. The number of hydrogen-bond acceptors (Lipinski definition) is 4. The maximum absolute atomic E-state index is 11.9. The van der Waals surface area contributed by atoms with E-state index in [1.54, 1.807) is 4.68 Å². The van der Waals surface area contributed by atoms with Crippen LogP contribution in [0.2, 0.25) is 0 Å². The van der Waals surface area contributed by atoms with Gasteiger partial charge in [0.1, 0.15) is 5.52 Å². The molecule has 0 aliphatic carbocycles. The molecular weight excluding hydrogens is 296 g/mol. The molecule has 0 spiro atoms. The molecule has 110 valence electrons. The van der Waals surface area contributed by atoms with Crippen LogP contribution in [0.3, 0.4) is 0 Å². The lowest BCUT2D eigenvalue weighted by atomic mass is 10.2. The summed E-state index contributed by atoms with van der Waals surface area (Å²) in [4.78, 5) is 3.19. The summed E-state index contributed by atoms with van der Waals surface area (Å²) >= 11 is 5.40. The smallest absolute Gasteiger partial charge is 0.179 e. The van der Waals surface area contributed by atoms with Gasteiger partial charge in [0.25, 0.3) is 0 Å². The van der Waals surface area contributed by atoms with E-state index >= 15 is 0 Å². The number of H-pyrrole nitrogens is 1. The molecule has 1 saturated heterocycles. The third-order valence-corrected chi connectivity index (χ3v) is 6.01. The summed E-state index contributed by atoms with van der Waals surface area (Å²) in [6.07, 6.45) is 2.35. The number of fused-ring (bicyclic) bond motifs is 1. The molecule has 0 amide bonds. The van der Waals surface area contributed by atoms with Crippen molar-refractivity contribution in [2.24, 2.45) is 7.05 Å². The number of aryl methyl sites for hydroxylation is 2. The van der Waals surface area contributed by atoms with Crippen molar-refractivity contribution in [1.29, 1.82) is 0 Å². The predicted octanol–water partition coefficient (Wildman–Crippen LogP) is 1.74. The monoisotopic (exact) mass is 314 g/mol. The van der Waals surface area contributed by atoms with Crippen molar-refractivity contribution in [2.45, 2.75) is 32.2 Å². The Morgan fingerprint density at radius 3 is 2.90 bits per heavy atom. The molecule has 2 aromatic heterocycles. The van der Waals surface area contributed by atoms with Crippen LogP contribution in [0.15, 0.2) is 0 Å². The second kappa shape index (κ2) is 4.70. The first kappa shape index (κ1) is 13.8. The largest absolute Gasteiger partial charge is 0.328 e. The van der Waals surface area contributed by atoms with E-state index < -0.39 is 9.84 Å². The van der Waals surface area contributed by atoms with Gasteiger partial charge in [-0.25, -0.2) is 8.42 Å². The highest BCUT2D eigenvalue weighted by atomic mass is 32.2. The van der Waals surface area contributed by atoms with E-state index in [1.165, 1.54) is 0 Å². The first-order chi connectivity index (χ1) is 9.43. The number of nitrogens with zero attached hydrogens (tertiary/aromatic N) is 3. The fraction of sp³-hybridized carbons (Fsp3) is 0.667.